The summed E-state index contributed by atoms with van der Waals surface area (Å²) in [6, 6.07) is 0.261. The zero-order valence-corrected chi connectivity index (χ0v) is 11.6. The summed E-state index contributed by atoms with van der Waals surface area (Å²) in [6.45, 7) is 3.86. The number of anilines is 2. The van der Waals surface area contributed by atoms with Crippen LogP contribution in [0.3, 0.4) is 0 Å². The molecule has 1 aromatic heterocycles. The molecular weight excluding hydrogens is 250 g/mol. The van der Waals surface area contributed by atoms with Crippen LogP contribution < -0.4 is 15.0 Å². The fourth-order valence-electron chi connectivity index (χ4n) is 1.43. The molecule has 0 amide bonds. The van der Waals surface area contributed by atoms with Gasteiger partial charge in [-0.1, -0.05) is 0 Å². The first-order chi connectivity index (χ1) is 9.24. The van der Waals surface area contributed by atoms with Crippen LogP contribution in [0, 0.1) is 0 Å². The van der Waals surface area contributed by atoms with Gasteiger partial charge in [-0.2, -0.15) is 15.0 Å². The molecule has 0 atom stereocenters. The number of ether oxygens (including phenoxy) is 2. The monoisotopic (exact) mass is 271 g/mol. The summed E-state index contributed by atoms with van der Waals surface area (Å²) in [5.74, 6) is 0.878. The quantitative estimate of drug-likeness (QED) is 0.635. The summed E-state index contributed by atoms with van der Waals surface area (Å²) >= 11 is 0. The normalized spacial score (nSPS) is 10.3. The third-order valence-corrected chi connectivity index (χ3v) is 2.32. The number of hydrogen-bond acceptors (Lipinski definition) is 8. The van der Waals surface area contributed by atoms with Crippen LogP contribution in [-0.4, -0.2) is 67.1 Å². The first kappa shape index (κ1) is 15.4. The van der Waals surface area contributed by atoms with Gasteiger partial charge in [0.1, 0.15) is 0 Å². The van der Waals surface area contributed by atoms with Gasteiger partial charge in [-0.3, -0.25) is 0 Å². The van der Waals surface area contributed by atoms with Gasteiger partial charge in [-0.25, -0.2) is 0 Å². The van der Waals surface area contributed by atoms with Gasteiger partial charge in [-0.05, 0) is 6.92 Å². The average Bonchev–Trinajstić information content (AvgIpc) is 2.43. The predicted molar refractivity (Wildman–Crippen MR) is 71.7 cm³/mol. The Morgan fingerprint density at radius 2 is 2.05 bits per heavy atom. The Hall–Kier alpha value is -1.67. The minimum Gasteiger partial charge on any atom is -0.464 e. The van der Waals surface area contributed by atoms with Gasteiger partial charge < -0.3 is 24.8 Å². The number of aliphatic hydroxyl groups excluding tert-OH is 1. The molecule has 19 heavy (non-hydrogen) atoms. The molecule has 1 heterocycles. The Balaban J connectivity index is 2.95. The van der Waals surface area contributed by atoms with Crippen molar-refractivity contribution < 1.29 is 14.6 Å². The van der Waals surface area contributed by atoms with Crippen molar-refractivity contribution in [3.63, 3.8) is 0 Å². The van der Waals surface area contributed by atoms with E-state index in [4.69, 9.17) is 14.6 Å². The number of nitrogens with one attached hydrogen (secondary N) is 1. The largest absolute Gasteiger partial charge is 0.464 e. The molecule has 0 fully saturated rings. The van der Waals surface area contributed by atoms with Gasteiger partial charge >= 0.3 is 6.01 Å². The summed E-state index contributed by atoms with van der Waals surface area (Å²) in [5, 5.41) is 12.0. The van der Waals surface area contributed by atoms with E-state index in [2.05, 4.69) is 20.3 Å². The predicted octanol–water partition coefficient (Wildman–Crippen LogP) is -0.243. The van der Waals surface area contributed by atoms with Crippen LogP contribution >= 0.6 is 0 Å². The van der Waals surface area contributed by atoms with Crippen molar-refractivity contribution in [3.8, 4) is 6.01 Å². The van der Waals surface area contributed by atoms with E-state index in [0.29, 0.717) is 38.2 Å². The highest BCUT2D eigenvalue weighted by Gasteiger charge is 2.13. The van der Waals surface area contributed by atoms with Crippen molar-refractivity contribution in [1.82, 2.24) is 15.0 Å². The molecule has 0 bridgehead atoms. The van der Waals surface area contributed by atoms with E-state index in [1.165, 1.54) is 0 Å². The van der Waals surface area contributed by atoms with Crippen LogP contribution in [0.2, 0.25) is 0 Å². The molecule has 0 aliphatic rings. The fourth-order valence-corrected chi connectivity index (χ4v) is 1.43. The van der Waals surface area contributed by atoms with Gasteiger partial charge in [-0.15, -0.1) is 0 Å². The summed E-state index contributed by atoms with van der Waals surface area (Å²) in [7, 11) is 3.34. The molecular formula is C11H21N5O3. The summed E-state index contributed by atoms with van der Waals surface area (Å²) < 4.78 is 10.3. The average molecular weight is 271 g/mol. The number of rotatable bonds is 9. The molecule has 8 nitrogen and oxygen atoms in total. The van der Waals surface area contributed by atoms with Crippen LogP contribution in [0.4, 0.5) is 11.9 Å². The smallest absolute Gasteiger partial charge is 0.323 e. The van der Waals surface area contributed by atoms with Gasteiger partial charge in [0.05, 0.1) is 19.8 Å². The van der Waals surface area contributed by atoms with Gasteiger partial charge in [0.15, 0.2) is 0 Å². The van der Waals surface area contributed by atoms with Gasteiger partial charge in [0.25, 0.3) is 0 Å². The van der Waals surface area contributed by atoms with E-state index in [1.807, 2.05) is 11.8 Å². The highest BCUT2D eigenvalue weighted by molar-refractivity contribution is 5.38. The lowest BCUT2D eigenvalue weighted by molar-refractivity contribution is 0.202. The maximum atomic E-state index is 9.10. The third kappa shape index (κ3) is 4.84. The third-order valence-electron chi connectivity index (χ3n) is 2.32. The van der Waals surface area contributed by atoms with E-state index in [1.54, 1.807) is 14.2 Å². The van der Waals surface area contributed by atoms with Crippen molar-refractivity contribution in [2.75, 3.05) is 57.3 Å². The van der Waals surface area contributed by atoms with Crippen molar-refractivity contribution >= 4 is 11.9 Å². The minimum atomic E-state index is 0.00819. The second-order valence-corrected chi connectivity index (χ2v) is 3.63. The number of hydrogen-bond donors (Lipinski definition) is 2. The molecule has 1 aromatic rings. The van der Waals surface area contributed by atoms with E-state index in [9.17, 15) is 0 Å². The van der Waals surface area contributed by atoms with E-state index in [0.717, 1.165) is 0 Å². The highest BCUT2D eigenvalue weighted by Crippen LogP contribution is 2.14. The Labute approximate surface area is 112 Å². The molecule has 108 valence electrons. The lowest BCUT2D eigenvalue weighted by Crippen LogP contribution is -2.32. The maximum Gasteiger partial charge on any atom is 0.323 e. The SMILES string of the molecule is CCOc1nc(NC)nc(N(CCO)CCOC)n1. The van der Waals surface area contributed by atoms with E-state index in [-0.39, 0.29) is 12.6 Å². The van der Waals surface area contributed by atoms with Crippen molar-refractivity contribution in [3.05, 3.63) is 0 Å². The van der Waals surface area contributed by atoms with E-state index >= 15 is 0 Å². The zero-order valence-electron chi connectivity index (χ0n) is 11.6. The molecule has 0 radical (unpaired) electrons. The first-order valence-electron chi connectivity index (χ1n) is 6.16. The molecule has 0 unspecified atom stereocenters. The Bertz CT molecular complexity index is 377. The molecule has 0 saturated heterocycles. The Morgan fingerprint density at radius 3 is 2.63 bits per heavy atom. The summed E-state index contributed by atoms with van der Waals surface area (Å²) in [4.78, 5) is 14.4. The van der Waals surface area contributed by atoms with Crippen LogP contribution in [0.5, 0.6) is 6.01 Å². The first-order valence-corrected chi connectivity index (χ1v) is 6.16. The lowest BCUT2D eigenvalue weighted by atomic mass is 10.5. The van der Waals surface area contributed by atoms with Gasteiger partial charge in [0.2, 0.25) is 11.9 Å². The Morgan fingerprint density at radius 1 is 1.26 bits per heavy atom. The van der Waals surface area contributed by atoms with Crippen molar-refractivity contribution in [1.29, 1.82) is 0 Å². The number of aliphatic hydroxyl groups is 1. The second-order valence-electron chi connectivity index (χ2n) is 3.63. The van der Waals surface area contributed by atoms with Gasteiger partial charge in [0, 0.05) is 27.2 Å². The molecule has 0 aromatic carbocycles. The van der Waals surface area contributed by atoms with Crippen molar-refractivity contribution in [2.24, 2.45) is 0 Å². The molecule has 0 saturated carbocycles. The summed E-state index contributed by atoms with van der Waals surface area (Å²) in [5.41, 5.74) is 0. The van der Waals surface area contributed by atoms with Crippen LogP contribution in [0.15, 0.2) is 0 Å². The van der Waals surface area contributed by atoms with Crippen LogP contribution in [-0.2, 0) is 4.74 Å². The fraction of sp³-hybridized carbons (Fsp3) is 0.727. The summed E-state index contributed by atoms with van der Waals surface area (Å²) in [6.07, 6.45) is 0. The molecule has 2 N–H and O–H groups in total. The van der Waals surface area contributed by atoms with Crippen LogP contribution in [0.25, 0.3) is 0 Å². The second kappa shape index (κ2) is 8.44. The number of methoxy groups -OCH3 is 1. The van der Waals surface area contributed by atoms with E-state index < -0.39 is 0 Å². The molecule has 0 aliphatic heterocycles. The minimum absolute atomic E-state index is 0.00819. The molecule has 0 aliphatic carbocycles. The topological polar surface area (TPSA) is 92.6 Å². The standard InChI is InChI=1S/C11H21N5O3/c1-4-19-11-14-9(12-2)13-10(15-11)16(5-7-17)6-8-18-3/h17H,4-8H2,1-3H3,(H,12,13,14,15). The maximum absolute atomic E-state index is 9.10. The molecule has 8 heteroatoms. The molecule has 0 spiro atoms. The Kier molecular flexibility index (Phi) is 6.83. The number of aromatic nitrogens is 3. The number of nitrogens with zero attached hydrogens (tertiary/aromatic N) is 4. The highest BCUT2D eigenvalue weighted by atomic mass is 16.5. The van der Waals surface area contributed by atoms with Crippen LogP contribution in [0.1, 0.15) is 6.92 Å². The van der Waals surface area contributed by atoms with Crippen molar-refractivity contribution in [2.45, 2.75) is 6.92 Å². The zero-order chi connectivity index (χ0) is 14.1. The lowest BCUT2D eigenvalue weighted by Gasteiger charge is -2.21. The molecule has 1 rings (SSSR count).